The average molecular weight is 423 g/mol. The third kappa shape index (κ3) is 3.96. The van der Waals surface area contributed by atoms with Gasteiger partial charge in [0.2, 0.25) is 5.91 Å². The van der Waals surface area contributed by atoms with Gasteiger partial charge in [-0.25, -0.2) is 9.78 Å². The summed E-state index contributed by atoms with van der Waals surface area (Å²) in [5, 5.41) is 2.82. The number of thiophene rings is 1. The van der Waals surface area contributed by atoms with E-state index in [1.54, 1.807) is 4.57 Å². The topological polar surface area (TPSA) is 107 Å². The third-order valence-corrected chi connectivity index (χ3v) is 7.85. The Kier molecular flexibility index (Phi) is 6.14. The van der Waals surface area contributed by atoms with E-state index in [4.69, 9.17) is 10.7 Å². The number of carbonyl (C=O) groups excluding carboxylic acids is 2. The normalized spacial score (nSPS) is 16.0. The maximum absolute atomic E-state index is 13.4. The number of aryl methyl sites for hydroxylation is 2. The summed E-state index contributed by atoms with van der Waals surface area (Å²) in [5.41, 5.74) is 6.07. The van der Waals surface area contributed by atoms with E-state index in [9.17, 15) is 14.4 Å². The highest BCUT2D eigenvalue weighted by Gasteiger charge is 2.30. The minimum Gasteiger partial charge on any atom is -0.351 e. The Morgan fingerprint density at radius 1 is 1.29 bits per heavy atom. The molecular formula is C19H26N4O3S2. The third-order valence-electron chi connectivity index (χ3n) is 5.24. The predicted molar refractivity (Wildman–Crippen MR) is 113 cm³/mol. The SMILES string of the molecule is Cc1sc2nc(S[C@@H](C(=O)NC(N)=O)C(C)C)n(C3CCCC3)c(=O)c2c1C. The van der Waals surface area contributed by atoms with Crippen LogP contribution in [0.1, 0.15) is 56.0 Å². The number of hydrogen-bond donors (Lipinski definition) is 2. The number of nitrogens with two attached hydrogens (primary N) is 1. The van der Waals surface area contributed by atoms with Crippen molar-refractivity contribution in [1.82, 2.24) is 14.9 Å². The van der Waals surface area contributed by atoms with Crippen LogP contribution in [0.4, 0.5) is 4.79 Å². The second-order valence-electron chi connectivity index (χ2n) is 7.61. The summed E-state index contributed by atoms with van der Waals surface area (Å²) in [6.45, 7) is 7.74. The highest BCUT2D eigenvalue weighted by molar-refractivity contribution is 8.00. The molecule has 1 aliphatic carbocycles. The highest BCUT2D eigenvalue weighted by atomic mass is 32.2. The molecule has 1 fully saturated rings. The minimum absolute atomic E-state index is 0.0286. The molecular weight excluding hydrogens is 396 g/mol. The molecule has 2 aromatic rings. The van der Waals surface area contributed by atoms with Gasteiger partial charge in [0, 0.05) is 10.9 Å². The molecule has 0 bridgehead atoms. The van der Waals surface area contributed by atoms with Crippen molar-refractivity contribution in [3.63, 3.8) is 0 Å². The molecule has 9 heteroatoms. The first-order chi connectivity index (χ1) is 13.2. The Balaban J connectivity index is 2.12. The van der Waals surface area contributed by atoms with Crippen molar-refractivity contribution in [1.29, 1.82) is 0 Å². The molecule has 3 amide bonds. The van der Waals surface area contributed by atoms with Crippen LogP contribution in [0.25, 0.3) is 10.2 Å². The second-order valence-corrected chi connectivity index (χ2v) is 9.92. The van der Waals surface area contributed by atoms with Crippen LogP contribution in [0.3, 0.4) is 0 Å². The van der Waals surface area contributed by atoms with E-state index in [1.807, 2.05) is 27.7 Å². The Morgan fingerprint density at radius 2 is 1.93 bits per heavy atom. The van der Waals surface area contributed by atoms with E-state index in [-0.39, 0.29) is 17.5 Å². The molecule has 0 aromatic carbocycles. The molecule has 3 N–H and O–H groups in total. The first-order valence-electron chi connectivity index (χ1n) is 9.49. The van der Waals surface area contributed by atoms with Gasteiger partial charge >= 0.3 is 6.03 Å². The van der Waals surface area contributed by atoms with Crippen molar-refractivity contribution in [3.05, 3.63) is 20.8 Å². The van der Waals surface area contributed by atoms with Crippen molar-refractivity contribution in [2.75, 3.05) is 0 Å². The van der Waals surface area contributed by atoms with E-state index in [0.717, 1.165) is 36.1 Å². The number of primary amides is 1. The summed E-state index contributed by atoms with van der Waals surface area (Å²) in [4.78, 5) is 43.6. The fraction of sp³-hybridized carbons (Fsp3) is 0.579. The monoisotopic (exact) mass is 422 g/mol. The molecule has 0 spiro atoms. The predicted octanol–water partition coefficient (Wildman–Crippen LogP) is 3.50. The van der Waals surface area contributed by atoms with Gasteiger partial charge in [-0.05, 0) is 38.2 Å². The summed E-state index contributed by atoms with van der Waals surface area (Å²) < 4.78 is 1.78. The molecule has 7 nitrogen and oxygen atoms in total. The highest BCUT2D eigenvalue weighted by Crippen LogP contribution is 2.36. The number of fused-ring (bicyclic) bond motifs is 1. The van der Waals surface area contributed by atoms with Crippen LogP contribution in [0.15, 0.2) is 9.95 Å². The molecule has 0 unspecified atom stereocenters. The molecule has 0 saturated heterocycles. The molecule has 0 radical (unpaired) electrons. The van der Waals surface area contributed by atoms with Gasteiger partial charge < -0.3 is 5.73 Å². The lowest BCUT2D eigenvalue weighted by Crippen LogP contribution is -2.42. The van der Waals surface area contributed by atoms with Crippen molar-refractivity contribution >= 4 is 45.3 Å². The fourth-order valence-corrected chi connectivity index (χ4v) is 5.89. The summed E-state index contributed by atoms with van der Waals surface area (Å²) >= 11 is 2.74. The van der Waals surface area contributed by atoms with Crippen LogP contribution in [0.5, 0.6) is 0 Å². The van der Waals surface area contributed by atoms with Crippen molar-refractivity contribution in [2.24, 2.45) is 11.7 Å². The molecule has 1 atom stereocenters. The Hall–Kier alpha value is -1.87. The van der Waals surface area contributed by atoms with Gasteiger partial charge in [-0.1, -0.05) is 38.5 Å². The first-order valence-corrected chi connectivity index (χ1v) is 11.2. The quantitative estimate of drug-likeness (QED) is 0.566. The summed E-state index contributed by atoms with van der Waals surface area (Å²) in [6, 6.07) is -0.782. The van der Waals surface area contributed by atoms with Gasteiger partial charge in [0.1, 0.15) is 4.83 Å². The maximum Gasteiger partial charge on any atom is 0.318 e. The number of rotatable bonds is 5. The van der Waals surface area contributed by atoms with E-state index >= 15 is 0 Å². The van der Waals surface area contributed by atoms with E-state index in [2.05, 4.69) is 5.32 Å². The lowest BCUT2D eigenvalue weighted by molar-refractivity contribution is -0.120. The molecule has 1 aliphatic rings. The number of hydrogen-bond acceptors (Lipinski definition) is 6. The lowest BCUT2D eigenvalue weighted by atomic mass is 10.1. The average Bonchev–Trinajstić information content (AvgIpc) is 3.20. The Labute approximate surface area is 172 Å². The summed E-state index contributed by atoms with van der Waals surface area (Å²) in [6.07, 6.45) is 4.03. The first kappa shape index (κ1) is 20.9. The van der Waals surface area contributed by atoms with Crippen LogP contribution in [0.2, 0.25) is 0 Å². The Bertz CT molecular complexity index is 974. The fourth-order valence-electron chi connectivity index (χ4n) is 3.65. The molecule has 28 heavy (non-hydrogen) atoms. The van der Waals surface area contributed by atoms with E-state index in [1.165, 1.54) is 23.1 Å². The van der Waals surface area contributed by atoms with Crippen LogP contribution < -0.4 is 16.6 Å². The van der Waals surface area contributed by atoms with Crippen molar-refractivity contribution in [3.8, 4) is 0 Å². The number of imide groups is 1. The van der Waals surface area contributed by atoms with Gasteiger partial charge in [-0.2, -0.15) is 0 Å². The van der Waals surface area contributed by atoms with Gasteiger partial charge in [0.05, 0.1) is 10.6 Å². The van der Waals surface area contributed by atoms with Crippen molar-refractivity contribution in [2.45, 2.75) is 69.8 Å². The molecule has 0 aliphatic heterocycles. The second kappa shape index (κ2) is 8.24. The maximum atomic E-state index is 13.4. The van der Waals surface area contributed by atoms with Crippen LogP contribution in [-0.2, 0) is 4.79 Å². The molecule has 2 aromatic heterocycles. The molecule has 2 heterocycles. The largest absolute Gasteiger partial charge is 0.351 e. The number of amides is 3. The number of aromatic nitrogens is 2. The van der Waals surface area contributed by atoms with Gasteiger partial charge in [-0.3, -0.25) is 19.5 Å². The minimum atomic E-state index is -0.877. The number of nitrogens with one attached hydrogen (secondary N) is 1. The summed E-state index contributed by atoms with van der Waals surface area (Å²) in [7, 11) is 0. The van der Waals surface area contributed by atoms with Gasteiger partial charge in [0.15, 0.2) is 5.16 Å². The van der Waals surface area contributed by atoms with E-state index < -0.39 is 17.2 Å². The standard InChI is InChI=1S/C19H26N4O3S2/c1-9(2)14(15(24)21-18(20)26)28-19-22-16-13(10(3)11(4)27-16)17(25)23(19)12-7-5-6-8-12/h9,12,14H,5-8H2,1-4H3,(H3,20,21,24,26)/t14-/m1/s1. The summed E-state index contributed by atoms with van der Waals surface area (Å²) in [5.74, 6) is -0.529. The molecule has 3 rings (SSSR count). The van der Waals surface area contributed by atoms with E-state index in [0.29, 0.717) is 15.4 Å². The van der Waals surface area contributed by atoms with Crippen LogP contribution in [0, 0.1) is 19.8 Å². The number of thioether (sulfide) groups is 1. The Morgan fingerprint density at radius 3 is 2.50 bits per heavy atom. The lowest BCUT2D eigenvalue weighted by Gasteiger charge is -2.23. The number of urea groups is 1. The number of nitrogens with zero attached hydrogens (tertiary/aromatic N) is 2. The molecule has 152 valence electrons. The molecule has 1 saturated carbocycles. The van der Waals surface area contributed by atoms with Crippen LogP contribution >= 0.6 is 23.1 Å². The number of carbonyl (C=O) groups is 2. The van der Waals surface area contributed by atoms with Crippen molar-refractivity contribution < 1.29 is 9.59 Å². The smallest absolute Gasteiger partial charge is 0.318 e. The zero-order chi connectivity index (χ0) is 20.6. The zero-order valence-corrected chi connectivity index (χ0v) is 18.2. The van der Waals surface area contributed by atoms with Gasteiger partial charge in [-0.15, -0.1) is 11.3 Å². The van der Waals surface area contributed by atoms with Gasteiger partial charge in [0.25, 0.3) is 5.56 Å². The zero-order valence-electron chi connectivity index (χ0n) is 16.6. The van der Waals surface area contributed by atoms with Crippen LogP contribution in [-0.4, -0.2) is 26.7 Å².